The van der Waals surface area contributed by atoms with Crippen molar-refractivity contribution in [2.75, 3.05) is 33.3 Å². The number of nitrogens with one attached hydrogen (secondary N) is 2. The maximum absolute atomic E-state index is 12.6. The van der Waals surface area contributed by atoms with Crippen LogP contribution in [-0.2, 0) is 21.3 Å². The lowest BCUT2D eigenvalue weighted by atomic mass is 10.0. The molecule has 29 heavy (non-hydrogen) atoms. The van der Waals surface area contributed by atoms with Crippen molar-refractivity contribution in [3.05, 3.63) is 29.8 Å². The number of rotatable bonds is 10. The van der Waals surface area contributed by atoms with E-state index < -0.39 is 10.0 Å². The summed E-state index contributed by atoms with van der Waals surface area (Å²) in [5.41, 5.74) is 1.00. The van der Waals surface area contributed by atoms with Gasteiger partial charge in [0, 0.05) is 39.8 Å². The largest absolute Gasteiger partial charge is 0.378 e. The van der Waals surface area contributed by atoms with Crippen LogP contribution < -0.4 is 10.6 Å². The van der Waals surface area contributed by atoms with Crippen molar-refractivity contribution < 1.29 is 13.2 Å². The van der Waals surface area contributed by atoms with E-state index in [4.69, 9.17) is 4.74 Å². The van der Waals surface area contributed by atoms with Gasteiger partial charge in [0.15, 0.2) is 5.96 Å². The molecule has 0 radical (unpaired) electrons. The van der Waals surface area contributed by atoms with Crippen LogP contribution in [0.5, 0.6) is 0 Å². The smallest absolute Gasteiger partial charge is 0.243 e. The minimum atomic E-state index is -3.36. The molecule has 1 aromatic rings. The van der Waals surface area contributed by atoms with Gasteiger partial charge in [-0.1, -0.05) is 26.0 Å². The normalized spacial score (nSPS) is 16.9. The first-order valence-corrected chi connectivity index (χ1v) is 12.0. The molecule has 1 aliphatic rings. The van der Waals surface area contributed by atoms with Gasteiger partial charge in [-0.3, -0.25) is 4.99 Å². The summed E-state index contributed by atoms with van der Waals surface area (Å²) >= 11 is 0. The Morgan fingerprint density at radius 1 is 1.17 bits per heavy atom. The number of sulfonamides is 1. The van der Waals surface area contributed by atoms with Gasteiger partial charge in [-0.05, 0) is 49.8 Å². The Labute approximate surface area is 176 Å². The van der Waals surface area contributed by atoms with Crippen LogP contribution in [0, 0.1) is 5.92 Å². The van der Waals surface area contributed by atoms with Crippen molar-refractivity contribution in [1.29, 1.82) is 0 Å². The van der Waals surface area contributed by atoms with Gasteiger partial charge in [-0.2, -0.15) is 4.31 Å². The SMILES string of the molecule is CCOC(CCNC(=NC)NCc1ccc(S(=O)(=O)N2CCCC2)cc1)C(C)C. The van der Waals surface area contributed by atoms with E-state index in [1.807, 2.05) is 19.1 Å². The van der Waals surface area contributed by atoms with E-state index in [-0.39, 0.29) is 6.10 Å². The molecule has 0 aliphatic carbocycles. The second-order valence-electron chi connectivity index (χ2n) is 7.63. The highest BCUT2D eigenvalue weighted by atomic mass is 32.2. The van der Waals surface area contributed by atoms with E-state index in [9.17, 15) is 8.42 Å². The molecular weight excluding hydrogens is 388 g/mol. The van der Waals surface area contributed by atoms with Crippen LogP contribution in [0.15, 0.2) is 34.2 Å². The van der Waals surface area contributed by atoms with E-state index in [1.54, 1.807) is 23.5 Å². The standard InChI is InChI=1S/C21H36N4O3S/c1-5-28-20(17(2)3)12-13-23-21(22-4)24-16-18-8-10-19(11-9-18)29(26,27)25-14-6-7-15-25/h8-11,17,20H,5-7,12-16H2,1-4H3,(H2,22,23,24). The van der Waals surface area contributed by atoms with Gasteiger partial charge >= 0.3 is 0 Å². The third kappa shape index (κ3) is 6.97. The van der Waals surface area contributed by atoms with Crippen molar-refractivity contribution in [3.8, 4) is 0 Å². The summed E-state index contributed by atoms with van der Waals surface area (Å²) in [5, 5.41) is 6.58. The number of benzene rings is 1. The molecule has 1 saturated heterocycles. The fourth-order valence-corrected chi connectivity index (χ4v) is 4.94. The molecule has 0 aromatic heterocycles. The first-order valence-electron chi connectivity index (χ1n) is 10.5. The summed E-state index contributed by atoms with van der Waals surface area (Å²) in [6.45, 7) is 9.66. The van der Waals surface area contributed by atoms with Gasteiger partial charge < -0.3 is 15.4 Å². The Balaban J connectivity index is 1.83. The van der Waals surface area contributed by atoms with E-state index in [0.29, 0.717) is 30.4 Å². The number of nitrogens with zero attached hydrogens (tertiary/aromatic N) is 2. The minimum absolute atomic E-state index is 0.232. The highest BCUT2D eigenvalue weighted by Gasteiger charge is 2.26. The summed E-state index contributed by atoms with van der Waals surface area (Å²) in [6.07, 6.45) is 3.02. The monoisotopic (exact) mass is 424 g/mol. The fourth-order valence-electron chi connectivity index (χ4n) is 3.42. The maximum Gasteiger partial charge on any atom is 0.243 e. The number of hydrogen-bond donors (Lipinski definition) is 2. The van der Waals surface area contributed by atoms with Crippen molar-refractivity contribution in [2.24, 2.45) is 10.9 Å². The lowest BCUT2D eigenvalue weighted by Crippen LogP contribution is -2.38. The molecule has 2 rings (SSSR count). The zero-order valence-electron chi connectivity index (χ0n) is 18.1. The zero-order chi connectivity index (χ0) is 21.3. The predicted molar refractivity (Wildman–Crippen MR) is 118 cm³/mol. The first kappa shape index (κ1) is 23.6. The van der Waals surface area contributed by atoms with Gasteiger partial charge in [-0.25, -0.2) is 8.42 Å². The molecule has 164 valence electrons. The molecule has 2 N–H and O–H groups in total. The molecule has 1 heterocycles. The van der Waals surface area contributed by atoms with Crippen molar-refractivity contribution in [1.82, 2.24) is 14.9 Å². The Morgan fingerprint density at radius 3 is 2.38 bits per heavy atom. The summed E-state index contributed by atoms with van der Waals surface area (Å²) < 4.78 is 32.5. The number of aliphatic imine (C=N–C) groups is 1. The van der Waals surface area contributed by atoms with Gasteiger partial charge in [0.05, 0.1) is 11.0 Å². The molecule has 1 fully saturated rings. The van der Waals surface area contributed by atoms with Crippen LogP contribution in [0.4, 0.5) is 0 Å². The van der Waals surface area contributed by atoms with Crippen molar-refractivity contribution in [2.45, 2.75) is 57.6 Å². The van der Waals surface area contributed by atoms with Gasteiger partial charge in [0.2, 0.25) is 10.0 Å². The predicted octanol–water partition coefficient (Wildman–Crippen LogP) is 2.59. The van der Waals surface area contributed by atoms with Gasteiger partial charge in [0.25, 0.3) is 0 Å². The highest BCUT2D eigenvalue weighted by molar-refractivity contribution is 7.89. The van der Waals surface area contributed by atoms with Crippen molar-refractivity contribution in [3.63, 3.8) is 0 Å². The van der Waals surface area contributed by atoms with Gasteiger partial charge in [0.1, 0.15) is 0 Å². The minimum Gasteiger partial charge on any atom is -0.378 e. The van der Waals surface area contributed by atoms with Crippen LogP contribution in [-0.4, -0.2) is 58.1 Å². The van der Waals surface area contributed by atoms with Crippen LogP contribution >= 0.6 is 0 Å². The number of guanidine groups is 1. The third-order valence-corrected chi connectivity index (χ3v) is 7.07. The quantitative estimate of drug-likeness (QED) is 0.446. The maximum atomic E-state index is 12.6. The number of ether oxygens (including phenoxy) is 1. The Kier molecular flexibility index (Phi) is 9.39. The Morgan fingerprint density at radius 2 is 1.83 bits per heavy atom. The van der Waals surface area contributed by atoms with Gasteiger partial charge in [-0.15, -0.1) is 0 Å². The molecule has 0 spiro atoms. The summed E-state index contributed by atoms with van der Waals surface area (Å²) in [5.74, 6) is 1.19. The Bertz CT molecular complexity index is 742. The van der Waals surface area contributed by atoms with Crippen LogP contribution in [0.2, 0.25) is 0 Å². The van der Waals surface area contributed by atoms with Crippen molar-refractivity contribution >= 4 is 16.0 Å². The fraction of sp³-hybridized carbons (Fsp3) is 0.667. The molecular formula is C21H36N4O3S. The molecule has 1 unspecified atom stereocenters. The second-order valence-corrected chi connectivity index (χ2v) is 9.57. The lowest BCUT2D eigenvalue weighted by molar-refractivity contribution is 0.0258. The molecule has 0 amide bonds. The average molecular weight is 425 g/mol. The summed E-state index contributed by atoms with van der Waals surface area (Å²) in [7, 11) is -1.62. The molecule has 0 saturated carbocycles. The van der Waals surface area contributed by atoms with E-state index >= 15 is 0 Å². The molecule has 1 atom stereocenters. The number of hydrogen-bond acceptors (Lipinski definition) is 4. The second kappa shape index (κ2) is 11.5. The lowest BCUT2D eigenvalue weighted by Gasteiger charge is -2.21. The van der Waals surface area contributed by atoms with Crippen LogP contribution in [0.3, 0.4) is 0 Å². The Hall–Kier alpha value is -1.64. The zero-order valence-corrected chi connectivity index (χ0v) is 19.0. The average Bonchev–Trinajstić information content (AvgIpc) is 3.25. The molecule has 8 heteroatoms. The summed E-state index contributed by atoms with van der Waals surface area (Å²) in [4.78, 5) is 4.61. The molecule has 7 nitrogen and oxygen atoms in total. The van der Waals surface area contributed by atoms with E-state index in [1.165, 1.54) is 0 Å². The topological polar surface area (TPSA) is 83.0 Å². The molecule has 0 bridgehead atoms. The molecule has 1 aromatic carbocycles. The van der Waals surface area contributed by atoms with E-state index in [2.05, 4.69) is 29.5 Å². The summed E-state index contributed by atoms with van der Waals surface area (Å²) in [6, 6.07) is 7.09. The first-order chi connectivity index (χ1) is 13.9. The third-order valence-electron chi connectivity index (χ3n) is 5.16. The van der Waals surface area contributed by atoms with Crippen LogP contribution in [0.1, 0.15) is 45.6 Å². The highest BCUT2D eigenvalue weighted by Crippen LogP contribution is 2.21. The van der Waals surface area contributed by atoms with Crippen LogP contribution in [0.25, 0.3) is 0 Å². The van der Waals surface area contributed by atoms with E-state index in [0.717, 1.165) is 43.9 Å². The molecule has 1 aliphatic heterocycles.